The smallest absolute Gasteiger partial charge is 0.224 e. The number of carbonyl (C=O) groups excluding carboxylic acids is 2. The normalized spacial score (nSPS) is 21.4. The summed E-state index contributed by atoms with van der Waals surface area (Å²) in [7, 11) is 0. The lowest BCUT2D eigenvalue weighted by Crippen LogP contribution is -2.44. The molecule has 2 N–H and O–H groups in total. The van der Waals surface area contributed by atoms with Crippen LogP contribution in [-0.4, -0.2) is 37.6 Å². The van der Waals surface area contributed by atoms with E-state index in [4.69, 9.17) is 0 Å². The molecule has 0 unspecified atom stereocenters. The summed E-state index contributed by atoms with van der Waals surface area (Å²) in [4.78, 5) is 24.9. The number of aliphatic hydroxyl groups is 1. The first-order chi connectivity index (χ1) is 14.1. The Bertz CT molecular complexity index is 942. The number of amides is 1. The number of nitrogens with one attached hydrogen (secondary N) is 1. The first-order valence-corrected chi connectivity index (χ1v) is 10.2. The first-order valence-electron chi connectivity index (χ1n) is 10.2. The molecule has 1 saturated carbocycles. The number of aliphatic hydroxyl groups excluding tert-OH is 1. The highest BCUT2D eigenvalue weighted by Crippen LogP contribution is 2.37. The molecule has 1 heterocycles. The largest absolute Gasteiger partial charge is 0.388 e. The van der Waals surface area contributed by atoms with E-state index in [0.29, 0.717) is 30.8 Å². The van der Waals surface area contributed by atoms with E-state index in [9.17, 15) is 14.7 Å². The minimum atomic E-state index is -0.124. The van der Waals surface area contributed by atoms with Gasteiger partial charge in [-0.1, -0.05) is 30.3 Å². The van der Waals surface area contributed by atoms with Gasteiger partial charge in [-0.25, -0.2) is 0 Å². The zero-order valence-corrected chi connectivity index (χ0v) is 16.6. The molecule has 4 rings (SSSR count). The molecule has 0 atom stereocenters. The molecule has 0 spiro atoms. The van der Waals surface area contributed by atoms with Crippen LogP contribution in [0.15, 0.2) is 35.9 Å². The van der Waals surface area contributed by atoms with Gasteiger partial charge >= 0.3 is 0 Å². The van der Waals surface area contributed by atoms with Crippen LogP contribution in [0.3, 0.4) is 0 Å². The van der Waals surface area contributed by atoms with E-state index in [-0.39, 0.29) is 36.7 Å². The van der Waals surface area contributed by atoms with Gasteiger partial charge in [-0.3, -0.25) is 9.59 Å². The second kappa shape index (κ2) is 8.29. The highest BCUT2D eigenvalue weighted by molar-refractivity contribution is 6.10. The molecule has 29 heavy (non-hydrogen) atoms. The standard InChI is InChI=1S/C22H26N4O3/c1-2-26-20(13-27)24-25-22(26)15-10-16(11-15)23-21(29)12-18-17(8-9-19(18)28)14-6-4-3-5-7-14/h3-7,15-16,27H,2,8-13H2,1H3,(H,23,29). The van der Waals surface area contributed by atoms with E-state index in [1.165, 1.54) is 0 Å². The van der Waals surface area contributed by atoms with Gasteiger partial charge in [0, 0.05) is 30.5 Å². The number of ketones is 1. The predicted molar refractivity (Wildman–Crippen MR) is 108 cm³/mol. The second-order valence-corrected chi connectivity index (χ2v) is 7.73. The molecule has 1 amide bonds. The SMILES string of the molecule is CCn1c(CO)nnc1C1CC(NC(=O)CC2=C(c3ccccc3)CCC2=O)C1. The highest BCUT2D eigenvalue weighted by atomic mass is 16.3. The zero-order valence-electron chi connectivity index (χ0n) is 16.6. The van der Waals surface area contributed by atoms with Crippen molar-refractivity contribution in [2.24, 2.45) is 0 Å². The lowest BCUT2D eigenvalue weighted by atomic mass is 9.79. The Morgan fingerprint density at radius 1 is 1.21 bits per heavy atom. The average Bonchev–Trinajstić information content (AvgIpc) is 3.28. The Morgan fingerprint density at radius 3 is 2.66 bits per heavy atom. The Hall–Kier alpha value is -2.80. The van der Waals surface area contributed by atoms with Gasteiger partial charge in [0.25, 0.3) is 0 Å². The molecule has 2 aromatic rings. The third-order valence-corrected chi connectivity index (χ3v) is 5.94. The molecule has 2 aliphatic rings. The minimum absolute atomic E-state index is 0.0815. The highest BCUT2D eigenvalue weighted by Gasteiger charge is 2.35. The fraction of sp³-hybridized carbons (Fsp3) is 0.455. The molecule has 0 saturated heterocycles. The third-order valence-electron chi connectivity index (χ3n) is 5.94. The van der Waals surface area contributed by atoms with Gasteiger partial charge in [-0.15, -0.1) is 10.2 Å². The fourth-order valence-electron chi connectivity index (χ4n) is 4.37. The van der Waals surface area contributed by atoms with Crippen molar-refractivity contribution in [2.45, 2.75) is 64.1 Å². The summed E-state index contributed by atoms with van der Waals surface area (Å²) in [6.07, 6.45) is 2.93. The Morgan fingerprint density at radius 2 is 1.97 bits per heavy atom. The maximum Gasteiger partial charge on any atom is 0.224 e. The van der Waals surface area contributed by atoms with Crippen molar-refractivity contribution < 1.29 is 14.7 Å². The van der Waals surface area contributed by atoms with Crippen molar-refractivity contribution in [3.63, 3.8) is 0 Å². The first kappa shape index (κ1) is 19.5. The van der Waals surface area contributed by atoms with Crippen LogP contribution in [0.5, 0.6) is 0 Å². The van der Waals surface area contributed by atoms with Crippen LogP contribution in [0.25, 0.3) is 5.57 Å². The summed E-state index contributed by atoms with van der Waals surface area (Å²) >= 11 is 0. The van der Waals surface area contributed by atoms with Crippen molar-refractivity contribution in [1.29, 1.82) is 0 Å². The number of carbonyl (C=O) groups is 2. The number of nitrogens with zero attached hydrogens (tertiary/aromatic N) is 3. The summed E-state index contributed by atoms with van der Waals surface area (Å²) in [5, 5.41) is 20.7. The van der Waals surface area contributed by atoms with Gasteiger partial charge < -0.3 is 15.0 Å². The molecule has 7 nitrogen and oxygen atoms in total. The van der Waals surface area contributed by atoms with Gasteiger partial charge in [-0.2, -0.15) is 0 Å². The van der Waals surface area contributed by atoms with E-state index >= 15 is 0 Å². The summed E-state index contributed by atoms with van der Waals surface area (Å²) in [6, 6.07) is 9.93. The number of rotatable bonds is 7. The van der Waals surface area contributed by atoms with Crippen LogP contribution in [0.1, 0.15) is 62.2 Å². The molecule has 1 aromatic heterocycles. The van der Waals surface area contributed by atoms with E-state index in [1.807, 2.05) is 41.8 Å². The van der Waals surface area contributed by atoms with Gasteiger partial charge in [0.05, 0.1) is 6.42 Å². The van der Waals surface area contributed by atoms with E-state index < -0.39 is 0 Å². The van der Waals surface area contributed by atoms with Crippen molar-refractivity contribution in [3.05, 3.63) is 53.1 Å². The third kappa shape index (κ3) is 3.87. The number of hydrogen-bond donors (Lipinski definition) is 2. The molecule has 2 aliphatic carbocycles. The molecule has 1 aromatic carbocycles. The van der Waals surface area contributed by atoms with E-state index in [2.05, 4.69) is 15.5 Å². The van der Waals surface area contributed by atoms with Gasteiger partial charge in [-0.05, 0) is 37.3 Å². The lowest BCUT2D eigenvalue weighted by molar-refractivity contribution is -0.123. The Balaban J connectivity index is 1.36. The molecule has 7 heteroatoms. The molecular formula is C22H26N4O3. The van der Waals surface area contributed by atoms with Gasteiger partial charge in [0.15, 0.2) is 11.6 Å². The number of benzene rings is 1. The van der Waals surface area contributed by atoms with Gasteiger partial charge in [0.2, 0.25) is 5.91 Å². The molecule has 0 radical (unpaired) electrons. The maximum absolute atomic E-state index is 12.6. The van der Waals surface area contributed by atoms with Crippen molar-refractivity contribution >= 4 is 17.3 Å². The summed E-state index contributed by atoms with van der Waals surface area (Å²) < 4.78 is 1.94. The van der Waals surface area contributed by atoms with Crippen LogP contribution in [0.4, 0.5) is 0 Å². The predicted octanol–water partition coefficient (Wildman–Crippen LogP) is 2.36. The minimum Gasteiger partial charge on any atom is -0.388 e. The summed E-state index contributed by atoms with van der Waals surface area (Å²) in [6.45, 7) is 2.59. The van der Waals surface area contributed by atoms with Crippen LogP contribution in [-0.2, 0) is 22.7 Å². The van der Waals surface area contributed by atoms with Crippen LogP contribution in [0.2, 0.25) is 0 Å². The monoisotopic (exact) mass is 394 g/mol. The van der Waals surface area contributed by atoms with Crippen molar-refractivity contribution in [1.82, 2.24) is 20.1 Å². The van der Waals surface area contributed by atoms with Gasteiger partial charge in [0.1, 0.15) is 12.4 Å². The van der Waals surface area contributed by atoms with Crippen LogP contribution >= 0.6 is 0 Å². The van der Waals surface area contributed by atoms with Crippen LogP contribution in [0, 0.1) is 0 Å². The van der Waals surface area contributed by atoms with Crippen molar-refractivity contribution in [3.8, 4) is 0 Å². The molecule has 0 aliphatic heterocycles. The zero-order chi connectivity index (χ0) is 20.4. The van der Waals surface area contributed by atoms with E-state index in [1.54, 1.807) is 0 Å². The number of allylic oxidation sites excluding steroid dienone is 1. The summed E-state index contributed by atoms with van der Waals surface area (Å²) in [5.41, 5.74) is 2.69. The Labute approximate surface area is 169 Å². The number of aromatic nitrogens is 3. The van der Waals surface area contributed by atoms with E-state index in [0.717, 1.165) is 29.8 Å². The summed E-state index contributed by atoms with van der Waals surface area (Å²) in [5.74, 6) is 1.68. The molecule has 0 bridgehead atoms. The Kier molecular flexibility index (Phi) is 5.58. The number of hydrogen-bond acceptors (Lipinski definition) is 5. The fourth-order valence-corrected chi connectivity index (χ4v) is 4.37. The van der Waals surface area contributed by atoms with Crippen LogP contribution < -0.4 is 5.32 Å². The molecular weight excluding hydrogens is 368 g/mol. The maximum atomic E-state index is 12.6. The molecule has 152 valence electrons. The lowest BCUT2D eigenvalue weighted by Gasteiger charge is -2.35. The molecule has 1 fully saturated rings. The average molecular weight is 394 g/mol. The second-order valence-electron chi connectivity index (χ2n) is 7.73. The topological polar surface area (TPSA) is 97.1 Å². The quantitative estimate of drug-likeness (QED) is 0.751. The van der Waals surface area contributed by atoms with Crippen molar-refractivity contribution in [2.75, 3.05) is 0 Å². The number of Topliss-reactive ketones (excluding diaryl/α,β-unsaturated/α-hetero) is 1.